The lowest BCUT2D eigenvalue weighted by Gasteiger charge is -2.27. The van der Waals surface area contributed by atoms with Crippen molar-refractivity contribution in [3.63, 3.8) is 0 Å². The predicted octanol–water partition coefficient (Wildman–Crippen LogP) is 6.97. The normalized spacial score (nSPS) is 13.0. The molecular formula is C42H56N2O4. The molecule has 0 aliphatic rings. The molecule has 0 saturated carbocycles. The van der Waals surface area contributed by atoms with Gasteiger partial charge in [-0.15, -0.1) is 0 Å². The topological polar surface area (TPSA) is 83.0 Å². The molecule has 4 aromatic carbocycles. The first-order valence-corrected chi connectivity index (χ1v) is 17.2. The second-order valence-corrected chi connectivity index (χ2v) is 13.4. The van der Waals surface area contributed by atoms with Crippen molar-refractivity contribution in [3.05, 3.63) is 140 Å². The van der Waals surface area contributed by atoms with Crippen LogP contribution in [0.25, 0.3) is 0 Å². The van der Waals surface area contributed by atoms with Gasteiger partial charge >= 0.3 is 0 Å². The molecule has 0 radical (unpaired) electrons. The fourth-order valence-electron chi connectivity index (χ4n) is 6.83. The van der Waals surface area contributed by atoms with Crippen molar-refractivity contribution >= 4 is 0 Å². The number of ether oxygens (including phenoxy) is 2. The average Bonchev–Trinajstić information content (AvgIpc) is 3.03. The standard InChI is InChI=1S/C42H56N2O4/c1-27-13-9-14-28(2)37(27)41(38-29(3)15-10-16-30(38)4)47-25-35(45)23-43-21-22-44-24-36(46)26-48-42(39-31(5)17-11-18-32(39)6)40-33(7)19-12-20-34(40)8/h9-20,35-36,41-46H,21-26H2,1-8H3/t35-,36-/m1/s1. The van der Waals surface area contributed by atoms with Gasteiger partial charge in [0.05, 0.1) is 25.4 Å². The van der Waals surface area contributed by atoms with E-state index in [0.29, 0.717) is 26.2 Å². The summed E-state index contributed by atoms with van der Waals surface area (Å²) in [5.41, 5.74) is 14.1. The summed E-state index contributed by atoms with van der Waals surface area (Å²) in [5, 5.41) is 28.3. The monoisotopic (exact) mass is 652 g/mol. The van der Waals surface area contributed by atoms with Crippen LogP contribution in [0.1, 0.15) is 79.0 Å². The van der Waals surface area contributed by atoms with Crippen LogP contribution in [0.3, 0.4) is 0 Å². The molecule has 0 bridgehead atoms. The van der Waals surface area contributed by atoms with Gasteiger partial charge in [-0.1, -0.05) is 72.8 Å². The van der Waals surface area contributed by atoms with E-state index in [9.17, 15) is 10.2 Å². The Hall–Kier alpha value is -3.36. The maximum Gasteiger partial charge on any atom is 0.109 e. The summed E-state index contributed by atoms with van der Waals surface area (Å²) in [6.45, 7) is 19.5. The highest BCUT2D eigenvalue weighted by molar-refractivity contribution is 5.47. The molecule has 4 rings (SSSR count). The number of nitrogens with one attached hydrogen (secondary N) is 2. The summed E-state index contributed by atoms with van der Waals surface area (Å²) >= 11 is 0. The van der Waals surface area contributed by atoms with Gasteiger partial charge in [-0.05, 0) is 122 Å². The Morgan fingerprint density at radius 2 is 0.667 bits per heavy atom. The fourth-order valence-corrected chi connectivity index (χ4v) is 6.83. The predicted molar refractivity (Wildman–Crippen MR) is 197 cm³/mol. The van der Waals surface area contributed by atoms with Crippen molar-refractivity contribution in [1.82, 2.24) is 10.6 Å². The highest BCUT2D eigenvalue weighted by Crippen LogP contribution is 2.36. The van der Waals surface area contributed by atoms with Gasteiger partial charge in [0, 0.05) is 26.2 Å². The zero-order valence-corrected chi connectivity index (χ0v) is 30.2. The molecule has 2 atom stereocenters. The van der Waals surface area contributed by atoms with Crippen molar-refractivity contribution in [2.45, 2.75) is 79.8 Å². The minimum atomic E-state index is -0.660. The number of aliphatic hydroxyl groups is 2. The van der Waals surface area contributed by atoms with Crippen LogP contribution in [0.5, 0.6) is 0 Å². The van der Waals surface area contributed by atoms with Gasteiger partial charge in [-0.2, -0.15) is 0 Å². The molecule has 0 saturated heterocycles. The van der Waals surface area contributed by atoms with Crippen LogP contribution < -0.4 is 10.6 Å². The smallest absolute Gasteiger partial charge is 0.109 e. The third-order valence-corrected chi connectivity index (χ3v) is 9.37. The third kappa shape index (κ3) is 9.63. The van der Waals surface area contributed by atoms with E-state index in [2.05, 4.69) is 139 Å². The number of rotatable bonds is 17. The number of aryl methyl sites for hydroxylation is 8. The van der Waals surface area contributed by atoms with Gasteiger partial charge in [0.25, 0.3) is 0 Å². The van der Waals surface area contributed by atoms with Crippen LogP contribution in [-0.2, 0) is 9.47 Å². The maximum absolute atomic E-state index is 10.8. The molecule has 6 nitrogen and oxygen atoms in total. The molecule has 0 aliphatic carbocycles. The Morgan fingerprint density at radius 3 is 0.896 bits per heavy atom. The number of aliphatic hydroxyl groups excluding tert-OH is 2. The van der Waals surface area contributed by atoms with Crippen LogP contribution >= 0.6 is 0 Å². The van der Waals surface area contributed by atoms with Crippen LogP contribution in [0.2, 0.25) is 0 Å². The second-order valence-electron chi connectivity index (χ2n) is 13.4. The highest BCUT2D eigenvalue weighted by Gasteiger charge is 2.25. The first-order valence-electron chi connectivity index (χ1n) is 17.2. The minimum absolute atomic E-state index is 0.213. The lowest BCUT2D eigenvalue weighted by Crippen LogP contribution is -2.38. The van der Waals surface area contributed by atoms with Gasteiger partial charge in [0.15, 0.2) is 0 Å². The van der Waals surface area contributed by atoms with Crippen molar-refractivity contribution in [1.29, 1.82) is 0 Å². The van der Waals surface area contributed by atoms with Crippen molar-refractivity contribution in [3.8, 4) is 0 Å². The quantitative estimate of drug-likeness (QED) is 0.0923. The first-order chi connectivity index (χ1) is 23.0. The van der Waals surface area contributed by atoms with Crippen LogP contribution in [-0.4, -0.2) is 61.8 Å². The fraction of sp³-hybridized carbons (Fsp3) is 0.429. The molecule has 48 heavy (non-hydrogen) atoms. The second kappa shape index (κ2) is 17.9. The Labute approximate surface area is 288 Å². The molecule has 0 aliphatic heterocycles. The Balaban J connectivity index is 1.25. The molecular weight excluding hydrogens is 596 g/mol. The summed E-state index contributed by atoms with van der Waals surface area (Å²) in [6.07, 6.45) is -1.83. The lowest BCUT2D eigenvalue weighted by molar-refractivity contribution is 0.00460. The van der Waals surface area contributed by atoms with E-state index >= 15 is 0 Å². The summed E-state index contributed by atoms with van der Waals surface area (Å²) in [7, 11) is 0. The molecule has 6 heteroatoms. The minimum Gasteiger partial charge on any atom is -0.389 e. The third-order valence-electron chi connectivity index (χ3n) is 9.37. The van der Waals surface area contributed by atoms with Crippen molar-refractivity contribution in [2.24, 2.45) is 0 Å². The molecule has 0 heterocycles. The van der Waals surface area contributed by atoms with Crippen molar-refractivity contribution in [2.75, 3.05) is 39.4 Å². The van der Waals surface area contributed by atoms with E-state index in [0.717, 1.165) is 22.3 Å². The maximum atomic E-state index is 10.8. The average molecular weight is 653 g/mol. The first kappa shape index (κ1) is 37.5. The molecule has 0 unspecified atom stereocenters. The number of hydrogen-bond donors (Lipinski definition) is 4. The van der Waals surface area contributed by atoms with E-state index in [4.69, 9.17) is 9.47 Å². The largest absolute Gasteiger partial charge is 0.389 e. The molecule has 258 valence electrons. The lowest BCUT2D eigenvalue weighted by atomic mass is 9.88. The Bertz CT molecular complexity index is 1330. The van der Waals surface area contributed by atoms with Gasteiger partial charge in [-0.25, -0.2) is 0 Å². The molecule has 0 spiro atoms. The summed E-state index contributed by atoms with van der Waals surface area (Å²) in [4.78, 5) is 0. The summed E-state index contributed by atoms with van der Waals surface area (Å²) in [6, 6.07) is 25.3. The van der Waals surface area contributed by atoms with E-state index in [1.165, 1.54) is 44.5 Å². The van der Waals surface area contributed by atoms with Gasteiger partial charge in [0.1, 0.15) is 12.2 Å². The Morgan fingerprint density at radius 1 is 0.438 bits per heavy atom. The number of benzene rings is 4. The number of hydrogen-bond acceptors (Lipinski definition) is 6. The van der Waals surface area contributed by atoms with E-state index in [-0.39, 0.29) is 25.4 Å². The SMILES string of the molecule is Cc1cccc(C)c1C(OC[C@H](O)CNCCNC[C@@H](O)COC(c1c(C)cccc1C)c1c(C)cccc1C)c1c(C)cccc1C. The van der Waals surface area contributed by atoms with E-state index < -0.39 is 12.2 Å². The van der Waals surface area contributed by atoms with Gasteiger partial charge < -0.3 is 30.3 Å². The molecule has 4 aromatic rings. The van der Waals surface area contributed by atoms with Crippen LogP contribution in [0.15, 0.2) is 72.8 Å². The van der Waals surface area contributed by atoms with Crippen molar-refractivity contribution < 1.29 is 19.7 Å². The van der Waals surface area contributed by atoms with Crippen LogP contribution in [0.4, 0.5) is 0 Å². The van der Waals surface area contributed by atoms with Gasteiger partial charge in [0.2, 0.25) is 0 Å². The molecule has 4 N–H and O–H groups in total. The zero-order valence-electron chi connectivity index (χ0n) is 30.2. The summed E-state index contributed by atoms with van der Waals surface area (Å²) in [5.74, 6) is 0. The van der Waals surface area contributed by atoms with E-state index in [1.54, 1.807) is 0 Å². The Kier molecular flexibility index (Phi) is 13.9. The molecule has 0 aromatic heterocycles. The van der Waals surface area contributed by atoms with Gasteiger partial charge in [-0.3, -0.25) is 0 Å². The summed E-state index contributed by atoms with van der Waals surface area (Å²) < 4.78 is 13.0. The zero-order chi connectivity index (χ0) is 34.8. The highest BCUT2D eigenvalue weighted by atomic mass is 16.5. The molecule has 0 fully saturated rings. The van der Waals surface area contributed by atoms with Crippen LogP contribution in [0, 0.1) is 55.4 Å². The molecule has 0 amide bonds. The van der Waals surface area contributed by atoms with E-state index in [1.807, 2.05) is 0 Å².